The number of carbonyl (C=O) groups is 1. The largest absolute Gasteiger partial charge is 0.451 e. The van der Waals surface area contributed by atoms with E-state index in [1.165, 1.54) is 6.07 Å². The fourth-order valence-electron chi connectivity index (χ4n) is 1.17. The van der Waals surface area contributed by atoms with E-state index in [1.54, 1.807) is 0 Å². The first-order valence-electron chi connectivity index (χ1n) is 4.23. The maximum absolute atomic E-state index is 12.7. The molecule has 0 saturated heterocycles. The molecule has 17 heavy (non-hydrogen) atoms. The molecule has 0 spiro atoms. The minimum Gasteiger partial charge on any atom is -0.288 e. The monoisotopic (exact) mass is 265 g/mol. The quantitative estimate of drug-likeness (QED) is 0.771. The van der Waals surface area contributed by atoms with Crippen LogP contribution in [0.15, 0.2) is 18.2 Å². The summed E-state index contributed by atoms with van der Waals surface area (Å²) in [7, 11) is 0. The van der Waals surface area contributed by atoms with Gasteiger partial charge in [0.15, 0.2) is 0 Å². The molecule has 0 aromatic heterocycles. The molecule has 1 aromatic rings. The Morgan fingerprint density at radius 3 is 2.41 bits per heavy atom. The van der Waals surface area contributed by atoms with Gasteiger partial charge < -0.3 is 0 Å². The van der Waals surface area contributed by atoms with Gasteiger partial charge in [-0.2, -0.15) is 18.4 Å². The van der Waals surface area contributed by atoms with Crippen LogP contribution < -0.4 is 0 Å². The Labute approximate surface area is 98.4 Å². The Morgan fingerprint density at radius 2 is 2.00 bits per heavy atom. The van der Waals surface area contributed by atoms with E-state index in [-0.39, 0.29) is 5.56 Å². The number of Topliss-reactive ketones (excluding diaryl/α,β-unsaturated/α-hetero) is 1. The van der Waals surface area contributed by atoms with Crippen LogP contribution in [0.5, 0.6) is 0 Å². The van der Waals surface area contributed by atoms with Crippen molar-refractivity contribution in [1.82, 2.24) is 0 Å². The van der Waals surface area contributed by atoms with Crippen LogP contribution in [-0.4, -0.2) is 12.0 Å². The van der Waals surface area contributed by atoms with Gasteiger partial charge in [0.2, 0.25) is 0 Å². The van der Waals surface area contributed by atoms with Gasteiger partial charge in [-0.1, -0.05) is 17.7 Å². The van der Waals surface area contributed by atoms with Gasteiger partial charge in [0.05, 0.1) is 6.07 Å². The van der Waals surface area contributed by atoms with Crippen LogP contribution in [0.2, 0.25) is 5.02 Å². The lowest BCUT2D eigenvalue weighted by molar-refractivity contribution is -0.171. The van der Waals surface area contributed by atoms with Gasteiger partial charge in [0.25, 0.3) is 5.78 Å². The minimum atomic E-state index is -5.14. The Kier molecular flexibility index (Phi) is 3.73. The summed E-state index contributed by atoms with van der Waals surface area (Å²) in [5, 5.41) is 8.19. The van der Waals surface area contributed by atoms with E-state index in [1.807, 2.05) is 0 Å². The van der Waals surface area contributed by atoms with Crippen LogP contribution >= 0.6 is 11.6 Å². The number of carbonyl (C=O) groups excluding carboxylic acids is 1. The average Bonchev–Trinajstić information content (AvgIpc) is 2.20. The summed E-state index contributed by atoms with van der Waals surface area (Å²) >= 11 is 5.49. The molecule has 7 heteroatoms. The van der Waals surface area contributed by atoms with Crippen molar-refractivity contribution >= 4 is 17.4 Å². The summed E-state index contributed by atoms with van der Waals surface area (Å²) < 4.78 is 49.2. The minimum absolute atomic E-state index is 0.363. The van der Waals surface area contributed by atoms with Crippen molar-refractivity contribution in [2.24, 2.45) is 0 Å². The summed E-state index contributed by atoms with van der Waals surface area (Å²) in [5.74, 6) is -5.08. The Morgan fingerprint density at radius 1 is 1.41 bits per heavy atom. The second-order valence-corrected chi connectivity index (χ2v) is 3.50. The van der Waals surface area contributed by atoms with Crippen molar-refractivity contribution in [2.45, 2.75) is 12.1 Å². The van der Waals surface area contributed by atoms with E-state index in [9.17, 15) is 22.4 Å². The highest BCUT2D eigenvalue weighted by molar-refractivity contribution is 6.31. The Hall–Kier alpha value is -1.61. The highest BCUT2D eigenvalue weighted by atomic mass is 35.5. The number of rotatable bonds is 2. The first-order chi connectivity index (χ1) is 7.77. The van der Waals surface area contributed by atoms with Crippen LogP contribution in [0, 0.1) is 17.1 Å². The van der Waals surface area contributed by atoms with Gasteiger partial charge in [-0.25, -0.2) is 4.39 Å². The van der Waals surface area contributed by atoms with Gasteiger partial charge in [-0.3, -0.25) is 4.79 Å². The third-order valence-corrected chi connectivity index (χ3v) is 2.27. The number of ketones is 1. The highest BCUT2D eigenvalue weighted by Crippen LogP contribution is 2.31. The molecule has 0 radical (unpaired) electrons. The molecule has 0 aliphatic rings. The molecular formula is C10H4ClF4NO. The maximum atomic E-state index is 12.7. The molecule has 1 unspecified atom stereocenters. The van der Waals surface area contributed by atoms with Gasteiger partial charge >= 0.3 is 6.18 Å². The number of nitriles is 1. The normalized spacial score (nSPS) is 12.9. The molecule has 90 valence electrons. The van der Waals surface area contributed by atoms with E-state index in [0.29, 0.717) is 0 Å². The maximum Gasteiger partial charge on any atom is 0.451 e. The van der Waals surface area contributed by atoms with E-state index < -0.39 is 28.7 Å². The summed E-state index contributed by atoms with van der Waals surface area (Å²) in [4.78, 5) is 10.9. The van der Waals surface area contributed by atoms with Crippen LogP contribution in [0.4, 0.5) is 17.6 Å². The lowest BCUT2D eigenvalue weighted by atomic mass is 9.95. The van der Waals surface area contributed by atoms with Crippen molar-refractivity contribution in [1.29, 1.82) is 5.26 Å². The number of benzene rings is 1. The predicted octanol–water partition coefficient (Wildman–Crippen LogP) is 3.22. The van der Waals surface area contributed by atoms with Gasteiger partial charge in [-0.15, -0.1) is 0 Å². The van der Waals surface area contributed by atoms with Gasteiger partial charge in [0.1, 0.15) is 11.7 Å². The lowest BCUT2D eigenvalue weighted by Gasteiger charge is -2.12. The second-order valence-electron chi connectivity index (χ2n) is 3.09. The number of hydrogen-bond donors (Lipinski definition) is 0. The molecule has 0 bridgehead atoms. The molecule has 1 atom stereocenters. The van der Waals surface area contributed by atoms with Crippen molar-refractivity contribution < 1.29 is 22.4 Å². The fraction of sp³-hybridized carbons (Fsp3) is 0.200. The molecule has 0 saturated carbocycles. The molecule has 0 aliphatic carbocycles. The van der Waals surface area contributed by atoms with Crippen LogP contribution in [-0.2, 0) is 4.79 Å². The standard InChI is InChI=1S/C10H4ClF4NO/c11-8-3-5(12)1-2-6(8)7(4-16)9(17)10(13,14)15/h1-3,7H. The van der Waals surface area contributed by atoms with Gasteiger partial charge in [0, 0.05) is 5.02 Å². The molecule has 0 N–H and O–H groups in total. The fourth-order valence-corrected chi connectivity index (χ4v) is 1.45. The molecule has 0 aliphatic heterocycles. The smallest absolute Gasteiger partial charge is 0.288 e. The number of nitrogens with zero attached hydrogens (tertiary/aromatic N) is 1. The molecule has 0 fully saturated rings. The molecule has 0 heterocycles. The summed E-state index contributed by atoms with van der Waals surface area (Å²) in [6.07, 6.45) is -5.14. The third kappa shape index (κ3) is 2.94. The first-order valence-corrected chi connectivity index (χ1v) is 4.60. The van der Waals surface area contributed by atoms with Crippen molar-refractivity contribution in [3.8, 4) is 6.07 Å². The molecule has 1 aromatic carbocycles. The summed E-state index contributed by atoms with van der Waals surface area (Å²) in [6, 6.07) is 3.66. The van der Waals surface area contributed by atoms with E-state index >= 15 is 0 Å². The topological polar surface area (TPSA) is 40.9 Å². The van der Waals surface area contributed by atoms with E-state index in [4.69, 9.17) is 16.9 Å². The number of hydrogen-bond acceptors (Lipinski definition) is 2. The molecular weight excluding hydrogens is 262 g/mol. The Balaban J connectivity index is 3.21. The molecule has 1 rings (SSSR count). The SMILES string of the molecule is N#CC(C(=O)C(F)(F)F)c1ccc(F)cc1Cl. The zero-order chi connectivity index (χ0) is 13.2. The van der Waals surface area contributed by atoms with Crippen LogP contribution in [0.3, 0.4) is 0 Å². The number of halogens is 5. The molecule has 2 nitrogen and oxygen atoms in total. The zero-order valence-corrected chi connectivity index (χ0v) is 8.81. The zero-order valence-electron chi connectivity index (χ0n) is 8.05. The van der Waals surface area contributed by atoms with E-state index in [0.717, 1.165) is 18.2 Å². The van der Waals surface area contributed by atoms with E-state index in [2.05, 4.69) is 0 Å². The predicted molar refractivity (Wildman–Crippen MR) is 50.8 cm³/mol. The first kappa shape index (κ1) is 13.5. The lowest BCUT2D eigenvalue weighted by Crippen LogP contribution is -2.28. The molecule has 0 amide bonds. The summed E-state index contributed by atoms with van der Waals surface area (Å²) in [5.41, 5.74) is -0.363. The van der Waals surface area contributed by atoms with Crippen molar-refractivity contribution in [3.63, 3.8) is 0 Å². The average molecular weight is 266 g/mol. The van der Waals surface area contributed by atoms with Gasteiger partial charge in [-0.05, 0) is 17.7 Å². The highest BCUT2D eigenvalue weighted by Gasteiger charge is 2.44. The summed E-state index contributed by atoms with van der Waals surface area (Å²) in [6.45, 7) is 0. The number of alkyl halides is 3. The Bertz CT molecular complexity index is 492. The third-order valence-electron chi connectivity index (χ3n) is 1.94. The van der Waals surface area contributed by atoms with Crippen molar-refractivity contribution in [3.05, 3.63) is 34.6 Å². The van der Waals surface area contributed by atoms with Crippen LogP contribution in [0.1, 0.15) is 11.5 Å². The second kappa shape index (κ2) is 4.72. The van der Waals surface area contributed by atoms with Crippen LogP contribution in [0.25, 0.3) is 0 Å². The van der Waals surface area contributed by atoms with Crippen molar-refractivity contribution in [2.75, 3.05) is 0 Å².